The number of alkyl carbamates (subject to hydrolysis) is 1. The van der Waals surface area contributed by atoms with Crippen molar-refractivity contribution in [3.8, 4) is 0 Å². The van der Waals surface area contributed by atoms with Gasteiger partial charge in [0.1, 0.15) is 6.29 Å². The molecule has 1 amide bonds. The van der Waals surface area contributed by atoms with Crippen LogP contribution < -0.4 is 5.32 Å². The second-order valence-electron chi connectivity index (χ2n) is 5.07. The topological polar surface area (TPSA) is 68.3 Å². The zero-order valence-corrected chi connectivity index (χ0v) is 11.9. The number of amides is 1. The molecule has 104 valence electrons. The first-order valence-corrected chi connectivity index (χ1v) is 6.23. The van der Waals surface area contributed by atoms with Gasteiger partial charge in [0.15, 0.2) is 6.10 Å². The zero-order valence-electron chi connectivity index (χ0n) is 11.1. The highest BCUT2D eigenvalue weighted by Crippen LogP contribution is 2.21. The van der Waals surface area contributed by atoms with Crippen molar-refractivity contribution in [3.05, 3.63) is 29.0 Å². The van der Waals surface area contributed by atoms with Crippen molar-refractivity contribution in [3.63, 3.8) is 0 Å². The highest BCUT2D eigenvalue weighted by Gasteiger charge is 2.21. The van der Waals surface area contributed by atoms with E-state index >= 15 is 0 Å². The lowest BCUT2D eigenvalue weighted by atomic mass is 10.1. The van der Waals surface area contributed by atoms with Crippen LogP contribution in [0.5, 0.6) is 0 Å². The van der Waals surface area contributed by atoms with E-state index in [1.165, 1.54) is 6.20 Å². The Labute approximate surface area is 117 Å². The van der Waals surface area contributed by atoms with E-state index in [9.17, 15) is 9.59 Å². The van der Waals surface area contributed by atoms with E-state index in [0.717, 1.165) is 0 Å². The summed E-state index contributed by atoms with van der Waals surface area (Å²) >= 11 is 5.85. The molecule has 6 heteroatoms. The first-order valence-electron chi connectivity index (χ1n) is 5.85. The van der Waals surface area contributed by atoms with Crippen LogP contribution in [0, 0.1) is 0 Å². The van der Waals surface area contributed by atoms with Gasteiger partial charge >= 0.3 is 6.09 Å². The van der Waals surface area contributed by atoms with E-state index in [-0.39, 0.29) is 6.42 Å². The van der Waals surface area contributed by atoms with E-state index in [1.54, 1.807) is 12.1 Å². The predicted molar refractivity (Wildman–Crippen MR) is 72.0 cm³/mol. The summed E-state index contributed by atoms with van der Waals surface area (Å²) in [6.45, 7) is 5.50. The molecule has 0 aliphatic rings. The molecule has 0 fully saturated rings. The quantitative estimate of drug-likeness (QED) is 0.863. The van der Waals surface area contributed by atoms with Crippen molar-refractivity contribution in [2.24, 2.45) is 0 Å². The van der Waals surface area contributed by atoms with Crippen molar-refractivity contribution in [1.29, 1.82) is 0 Å². The van der Waals surface area contributed by atoms with E-state index < -0.39 is 17.7 Å². The summed E-state index contributed by atoms with van der Waals surface area (Å²) in [6.07, 6.45) is 0.878. The number of nitrogens with zero attached hydrogens (tertiary/aromatic N) is 1. The third-order valence-corrected chi connectivity index (χ3v) is 2.34. The van der Waals surface area contributed by atoms with Crippen LogP contribution in [0.25, 0.3) is 0 Å². The second kappa shape index (κ2) is 6.52. The summed E-state index contributed by atoms with van der Waals surface area (Å²) in [5, 5.41) is 3.13. The maximum atomic E-state index is 11.7. The lowest BCUT2D eigenvalue weighted by Crippen LogP contribution is -2.41. The monoisotopic (exact) mass is 284 g/mol. The smallest absolute Gasteiger partial charge is 0.408 e. The van der Waals surface area contributed by atoms with Crippen LogP contribution in [0.4, 0.5) is 4.79 Å². The Balaban J connectivity index is 2.78. The fourth-order valence-electron chi connectivity index (χ4n) is 1.38. The van der Waals surface area contributed by atoms with Crippen molar-refractivity contribution in [1.82, 2.24) is 10.3 Å². The Bertz CT molecular complexity index is 457. The number of aldehydes is 1. The van der Waals surface area contributed by atoms with E-state index in [1.807, 2.05) is 20.8 Å². The van der Waals surface area contributed by atoms with Crippen LogP contribution >= 0.6 is 11.6 Å². The Morgan fingerprint density at radius 1 is 1.58 bits per heavy atom. The molecule has 1 rings (SSSR count). The number of rotatable bonds is 4. The minimum absolute atomic E-state index is 0.0326. The molecule has 0 saturated heterocycles. The highest BCUT2D eigenvalue weighted by atomic mass is 35.5. The van der Waals surface area contributed by atoms with E-state index in [2.05, 4.69) is 10.3 Å². The number of ether oxygens (including phenoxy) is 1. The molecule has 1 aromatic rings. The molecule has 0 spiro atoms. The molecule has 5 nitrogen and oxygen atoms in total. The lowest BCUT2D eigenvalue weighted by Gasteiger charge is -2.22. The van der Waals surface area contributed by atoms with Gasteiger partial charge in [-0.15, -0.1) is 0 Å². The van der Waals surface area contributed by atoms with Gasteiger partial charge in [-0.3, -0.25) is 4.98 Å². The Morgan fingerprint density at radius 3 is 2.79 bits per heavy atom. The van der Waals surface area contributed by atoms with Gasteiger partial charge in [0.05, 0.1) is 5.69 Å². The largest absolute Gasteiger partial charge is 0.439 e. The molecule has 1 atom stereocenters. The summed E-state index contributed by atoms with van der Waals surface area (Å²) in [5.74, 6) is 0. The van der Waals surface area contributed by atoms with Crippen molar-refractivity contribution in [2.75, 3.05) is 0 Å². The fraction of sp³-hybridized carbons (Fsp3) is 0.462. The highest BCUT2D eigenvalue weighted by molar-refractivity contribution is 6.30. The first kappa shape index (κ1) is 15.4. The molecule has 1 heterocycles. The number of halogens is 1. The average Bonchev–Trinajstić information content (AvgIpc) is 2.26. The number of aromatic nitrogens is 1. The van der Waals surface area contributed by atoms with Crippen LogP contribution in [-0.2, 0) is 9.53 Å². The van der Waals surface area contributed by atoms with Crippen molar-refractivity contribution < 1.29 is 14.3 Å². The molecule has 0 radical (unpaired) electrons. The Kier molecular flexibility index (Phi) is 5.30. The molecule has 0 aliphatic heterocycles. The van der Waals surface area contributed by atoms with Gasteiger partial charge in [0.25, 0.3) is 0 Å². The first-order chi connectivity index (χ1) is 8.81. The van der Waals surface area contributed by atoms with Crippen LogP contribution in [0.2, 0.25) is 5.02 Å². The minimum Gasteiger partial charge on any atom is -0.439 e. The van der Waals surface area contributed by atoms with Crippen molar-refractivity contribution >= 4 is 24.0 Å². The molecular formula is C13H17ClN2O3. The van der Waals surface area contributed by atoms with Crippen molar-refractivity contribution in [2.45, 2.75) is 38.8 Å². The lowest BCUT2D eigenvalue weighted by molar-refractivity contribution is -0.109. The van der Waals surface area contributed by atoms with E-state index in [4.69, 9.17) is 16.3 Å². The Morgan fingerprint density at radius 2 is 2.26 bits per heavy atom. The zero-order chi connectivity index (χ0) is 14.5. The number of pyridine rings is 1. The summed E-state index contributed by atoms with van der Waals surface area (Å²) in [4.78, 5) is 26.4. The second-order valence-corrected chi connectivity index (χ2v) is 5.51. The summed E-state index contributed by atoms with van der Waals surface area (Å²) in [5.41, 5.74) is 0.0357. The van der Waals surface area contributed by atoms with Gasteiger partial charge in [-0.05, 0) is 32.9 Å². The maximum absolute atomic E-state index is 11.7. The molecule has 0 bridgehead atoms. The summed E-state index contributed by atoms with van der Waals surface area (Å²) < 4.78 is 5.21. The van der Waals surface area contributed by atoms with Crippen LogP contribution in [0.15, 0.2) is 18.3 Å². The third-order valence-electron chi connectivity index (χ3n) is 2.11. The number of carbonyl (C=O) groups is 2. The molecule has 0 aromatic carbocycles. The van der Waals surface area contributed by atoms with E-state index in [0.29, 0.717) is 17.0 Å². The summed E-state index contributed by atoms with van der Waals surface area (Å²) in [7, 11) is 0. The standard InChI is InChI=1S/C13H17ClN2O3/c1-13(2,3)16-12(18)19-11(5-7-17)10-8-9(14)4-6-15-10/h4,6-8,11H,5H2,1-3H3,(H,16,18). The number of nitrogens with one attached hydrogen (secondary N) is 1. The third kappa shape index (κ3) is 5.70. The molecule has 1 unspecified atom stereocenters. The van der Waals surface area contributed by atoms with Gasteiger partial charge < -0.3 is 14.8 Å². The van der Waals surface area contributed by atoms with Crippen LogP contribution in [0.1, 0.15) is 39.0 Å². The SMILES string of the molecule is CC(C)(C)NC(=O)OC(CC=O)c1cc(Cl)ccn1. The fourth-order valence-corrected chi connectivity index (χ4v) is 1.55. The summed E-state index contributed by atoms with van der Waals surface area (Å²) in [6, 6.07) is 3.18. The average molecular weight is 285 g/mol. The Hall–Kier alpha value is -1.62. The maximum Gasteiger partial charge on any atom is 0.408 e. The van der Waals surface area contributed by atoms with Gasteiger partial charge in [0, 0.05) is 23.2 Å². The number of carbonyl (C=O) groups excluding carboxylic acids is 2. The molecule has 0 saturated carbocycles. The molecule has 0 aliphatic carbocycles. The minimum atomic E-state index is -0.737. The number of hydrogen-bond donors (Lipinski definition) is 1. The van der Waals surface area contributed by atoms with Crippen LogP contribution in [-0.4, -0.2) is 22.9 Å². The molecule has 19 heavy (non-hydrogen) atoms. The van der Waals surface area contributed by atoms with Gasteiger partial charge in [-0.1, -0.05) is 11.6 Å². The van der Waals surface area contributed by atoms with Gasteiger partial charge in [-0.2, -0.15) is 0 Å². The molecule has 1 N–H and O–H groups in total. The van der Waals surface area contributed by atoms with Gasteiger partial charge in [0.2, 0.25) is 0 Å². The van der Waals surface area contributed by atoms with Crippen LogP contribution in [0.3, 0.4) is 0 Å². The molecule has 1 aromatic heterocycles. The number of hydrogen-bond acceptors (Lipinski definition) is 4. The normalized spacial score (nSPS) is 12.6. The molecular weight excluding hydrogens is 268 g/mol. The van der Waals surface area contributed by atoms with Gasteiger partial charge in [-0.25, -0.2) is 4.79 Å². The predicted octanol–water partition coefficient (Wildman–Crippen LogP) is 2.89.